The fraction of sp³-hybridized carbons (Fsp3) is 0.389. The Labute approximate surface area is 179 Å². The number of H-pyrrole nitrogens is 1. The number of benzene rings is 1. The topological polar surface area (TPSA) is 82.3 Å². The molecule has 0 atom stereocenters. The summed E-state index contributed by atoms with van der Waals surface area (Å²) < 4.78 is 94.3. The third-order valence-electron chi connectivity index (χ3n) is 4.78. The highest BCUT2D eigenvalue weighted by molar-refractivity contribution is 7.92. The van der Waals surface area contributed by atoms with Gasteiger partial charge in [-0.1, -0.05) is 11.6 Å². The van der Waals surface area contributed by atoms with E-state index in [0.29, 0.717) is 6.07 Å². The van der Waals surface area contributed by atoms with E-state index in [1.165, 1.54) is 13.8 Å². The number of alkyl halides is 5. The molecule has 3 rings (SSSR count). The number of carbonyl (C=O) groups excluding carboxylic acids is 1. The van der Waals surface area contributed by atoms with Crippen molar-refractivity contribution in [3.63, 3.8) is 0 Å². The van der Waals surface area contributed by atoms with Gasteiger partial charge in [0.1, 0.15) is 4.90 Å². The number of nitrogens with one attached hydrogen (secondary N) is 2. The van der Waals surface area contributed by atoms with Crippen molar-refractivity contribution in [3.05, 3.63) is 45.7 Å². The highest BCUT2D eigenvalue weighted by atomic mass is 35.5. The highest BCUT2D eigenvalue weighted by Gasteiger charge is 2.42. The molecule has 1 saturated heterocycles. The second-order valence-corrected chi connectivity index (χ2v) is 9.24. The minimum atomic E-state index is -4.82. The first-order valence-corrected chi connectivity index (χ1v) is 10.7. The number of aryl methyl sites for hydroxylation is 2. The average molecular weight is 486 g/mol. The lowest BCUT2D eigenvalue weighted by Gasteiger charge is -2.18. The van der Waals surface area contributed by atoms with E-state index in [9.17, 15) is 35.2 Å². The Balaban J connectivity index is 2.01. The van der Waals surface area contributed by atoms with Gasteiger partial charge in [-0.05, 0) is 32.0 Å². The quantitative estimate of drug-likeness (QED) is 0.622. The van der Waals surface area contributed by atoms with Gasteiger partial charge in [-0.3, -0.25) is 9.52 Å². The van der Waals surface area contributed by atoms with Crippen LogP contribution >= 0.6 is 11.6 Å². The Morgan fingerprint density at radius 3 is 2.42 bits per heavy atom. The summed E-state index contributed by atoms with van der Waals surface area (Å²) in [6, 6.07) is 2.44. The zero-order valence-corrected chi connectivity index (χ0v) is 17.8. The second-order valence-electron chi connectivity index (χ2n) is 7.21. The summed E-state index contributed by atoms with van der Waals surface area (Å²) in [7, 11) is -4.56. The molecule has 0 spiro atoms. The number of hydrogen-bond donors (Lipinski definition) is 2. The van der Waals surface area contributed by atoms with Gasteiger partial charge in [0.2, 0.25) is 0 Å². The van der Waals surface area contributed by atoms with Crippen LogP contribution in [0, 0.1) is 13.8 Å². The third-order valence-corrected chi connectivity index (χ3v) is 6.66. The van der Waals surface area contributed by atoms with Crippen LogP contribution in [0.25, 0.3) is 0 Å². The molecule has 0 bridgehead atoms. The molecule has 31 heavy (non-hydrogen) atoms. The molecule has 1 aliphatic heterocycles. The van der Waals surface area contributed by atoms with Gasteiger partial charge in [-0.2, -0.15) is 13.2 Å². The number of aromatic nitrogens is 1. The van der Waals surface area contributed by atoms with Crippen molar-refractivity contribution in [2.45, 2.75) is 37.3 Å². The van der Waals surface area contributed by atoms with E-state index < -0.39 is 62.2 Å². The number of nitrogens with zero attached hydrogens (tertiary/aromatic N) is 1. The summed E-state index contributed by atoms with van der Waals surface area (Å²) in [6.07, 6.45) is -5.37. The van der Waals surface area contributed by atoms with Crippen molar-refractivity contribution in [1.29, 1.82) is 0 Å². The van der Waals surface area contributed by atoms with E-state index in [1.54, 1.807) is 0 Å². The molecule has 1 amide bonds. The van der Waals surface area contributed by atoms with Gasteiger partial charge in [0.05, 0.1) is 22.7 Å². The van der Waals surface area contributed by atoms with Gasteiger partial charge in [0, 0.05) is 30.0 Å². The lowest BCUT2D eigenvalue weighted by molar-refractivity contribution is -0.137. The number of rotatable bonds is 4. The van der Waals surface area contributed by atoms with E-state index in [-0.39, 0.29) is 23.5 Å². The number of halogens is 6. The van der Waals surface area contributed by atoms with Crippen LogP contribution in [0.2, 0.25) is 5.02 Å². The Hall–Kier alpha value is -2.34. The smallest absolute Gasteiger partial charge is 0.361 e. The van der Waals surface area contributed by atoms with Crippen LogP contribution in [0.4, 0.5) is 27.6 Å². The molecule has 1 aromatic carbocycles. The van der Waals surface area contributed by atoms with Gasteiger partial charge < -0.3 is 9.88 Å². The summed E-state index contributed by atoms with van der Waals surface area (Å²) in [5.41, 5.74) is -1.85. The predicted molar refractivity (Wildman–Crippen MR) is 103 cm³/mol. The molecule has 1 fully saturated rings. The molecule has 1 aromatic heterocycles. The fourth-order valence-electron chi connectivity index (χ4n) is 3.43. The van der Waals surface area contributed by atoms with Crippen molar-refractivity contribution in [1.82, 2.24) is 9.88 Å². The molecule has 6 nitrogen and oxygen atoms in total. The second kappa shape index (κ2) is 7.66. The van der Waals surface area contributed by atoms with Crippen LogP contribution in [0.15, 0.2) is 23.1 Å². The largest absolute Gasteiger partial charge is 0.417 e. The van der Waals surface area contributed by atoms with Crippen molar-refractivity contribution in [3.8, 4) is 0 Å². The maximum atomic E-state index is 13.5. The minimum absolute atomic E-state index is 0.0318. The summed E-state index contributed by atoms with van der Waals surface area (Å²) >= 11 is 5.55. The lowest BCUT2D eigenvalue weighted by atomic mass is 10.2. The van der Waals surface area contributed by atoms with Crippen LogP contribution in [0.1, 0.15) is 33.7 Å². The zero-order chi connectivity index (χ0) is 23.4. The SMILES string of the molecule is Cc1[nH]c(C)c(S(=O)(=O)Nc2ccc(Cl)c(C(F)(F)F)c2)c1C(=O)N1CCC(F)(F)C1. The van der Waals surface area contributed by atoms with E-state index in [2.05, 4.69) is 4.98 Å². The maximum absolute atomic E-state index is 13.5. The number of hydrogen-bond acceptors (Lipinski definition) is 3. The Morgan fingerprint density at radius 2 is 1.87 bits per heavy atom. The number of anilines is 1. The average Bonchev–Trinajstić information content (AvgIpc) is 3.13. The molecule has 170 valence electrons. The molecule has 1 aliphatic rings. The van der Waals surface area contributed by atoms with Gasteiger partial charge in [-0.15, -0.1) is 0 Å². The van der Waals surface area contributed by atoms with E-state index in [0.717, 1.165) is 17.0 Å². The van der Waals surface area contributed by atoms with Crippen molar-refractivity contribution in [2.24, 2.45) is 0 Å². The van der Waals surface area contributed by atoms with Crippen molar-refractivity contribution in [2.75, 3.05) is 17.8 Å². The molecule has 2 aromatic rings. The number of sulfonamides is 1. The molecular weight excluding hydrogens is 469 g/mol. The zero-order valence-electron chi connectivity index (χ0n) is 16.2. The summed E-state index contributed by atoms with van der Waals surface area (Å²) in [5.74, 6) is -3.99. The Morgan fingerprint density at radius 1 is 1.23 bits per heavy atom. The number of amides is 1. The van der Waals surface area contributed by atoms with Crippen molar-refractivity contribution < 1.29 is 35.2 Å². The lowest BCUT2D eigenvalue weighted by Crippen LogP contribution is -2.32. The molecule has 0 aliphatic carbocycles. The fourth-order valence-corrected chi connectivity index (χ4v) is 5.16. The summed E-state index contributed by atoms with van der Waals surface area (Å²) in [6.45, 7) is 1.64. The van der Waals surface area contributed by atoms with Crippen LogP contribution in [-0.4, -0.2) is 43.2 Å². The minimum Gasteiger partial charge on any atom is -0.361 e. The van der Waals surface area contributed by atoms with Crippen LogP contribution in [0.3, 0.4) is 0 Å². The number of carbonyl (C=O) groups is 1. The van der Waals surface area contributed by atoms with E-state index in [1.807, 2.05) is 4.72 Å². The molecular formula is C18H17ClF5N3O3S. The first kappa shape index (κ1) is 23.3. The van der Waals surface area contributed by atoms with E-state index in [4.69, 9.17) is 11.6 Å². The molecule has 2 N–H and O–H groups in total. The van der Waals surface area contributed by atoms with Crippen LogP contribution < -0.4 is 4.72 Å². The molecule has 13 heteroatoms. The standard InChI is InChI=1S/C18H17ClF5N3O3S/c1-9-14(16(28)27-6-5-17(20,21)8-27)15(10(2)25-9)31(29,30)26-11-3-4-13(19)12(7-11)18(22,23)24/h3-4,7,25-26H,5-6,8H2,1-2H3. The van der Waals surface area contributed by atoms with Crippen LogP contribution in [0.5, 0.6) is 0 Å². The first-order valence-electron chi connectivity index (χ1n) is 8.88. The van der Waals surface area contributed by atoms with Gasteiger partial charge in [0.25, 0.3) is 21.9 Å². The van der Waals surface area contributed by atoms with Gasteiger partial charge in [0.15, 0.2) is 0 Å². The van der Waals surface area contributed by atoms with E-state index >= 15 is 0 Å². The monoisotopic (exact) mass is 485 g/mol. The summed E-state index contributed by atoms with van der Waals surface area (Å²) in [4.78, 5) is 15.8. The predicted octanol–water partition coefficient (Wildman–Crippen LogP) is 4.59. The third kappa shape index (κ3) is 4.64. The molecule has 2 heterocycles. The van der Waals surface area contributed by atoms with Crippen LogP contribution in [-0.2, 0) is 16.2 Å². The van der Waals surface area contributed by atoms with Crippen molar-refractivity contribution >= 4 is 33.2 Å². The number of aromatic amines is 1. The van der Waals surface area contributed by atoms with Gasteiger partial charge in [-0.25, -0.2) is 17.2 Å². The maximum Gasteiger partial charge on any atom is 0.417 e. The summed E-state index contributed by atoms with van der Waals surface area (Å²) in [5, 5.41) is -0.616. The van der Waals surface area contributed by atoms with Gasteiger partial charge >= 0.3 is 6.18 Å². The molecule has 0 unspecified atom stereocenters. The Bertz CT molecular complexity index is 1150. The molecule has 0 saturated carbocycles. The Kier molecular flexibility index (Phi) is 5.76. The molecule has 0 radical (unpaired) electrons. The normalized spacial score (nSPS) is 16.6. The first-order chi connectivity index (χ1) is 14.1. The highest BCUT2D eigenvalue weighted by Crippen LogP contribution is 2.37. The number of likely N-dealkylation sites (tertiary alicyclic amines) is 1.